The van der Waals surface area contributed by atoms with Crippen molar-refractivity contribution in [2.24, 2.45) is 0 Å². The number of aryl methyl sites for hydroxylation is 1. The first-order chi connectivity index (χ1) is 18.1. The summed E-state index contributed by atoms with van der Waals surface area (Å²) in [5.41, 5.74) is 1.53. The van der Waals surface area contributed by atoms with Gasteiger partial charge in [-0.05, 0) is 61.9 Å². The maximum atomic E-state index is 13.6. The summed E-state index contributed by atoms with van der Waals surface area (Å²) in [5, 5.41) is 0.345. The zero-order valence-corrected chi connectivity index (χ0v) is 21.8. The molecule has 0 radical (unpaired) electrons. The van der Waals surface area contributed by atoms with Crippen LogP contribution >= 0.6 is 0 Å². The number of benzene rings is 2. The van der Waals surface area contributed by atoms with E-state index in [0.717, 1.165) is 44.4 Å². The van der Waals surface area contributed by atoms with Crippen molar-refractivity contribution in [1.29, 1.82) is 0 Å². The average Bonchev–Trinajstić information content (AvgIpc) is 3.47. The first-order valence-corrected chi connectivity index (χ1v) is 12.5. The van der Waals surface area contributed by atoms with Gasteiger partial charge in [-0.2, -0.15) is 0 Å². The molecule has 38 heavy (non-hydrogen) atoms. The highest BCUT2D eigenvalue weighted by Gasteiger charge is 2.43. The van der Waals surface area contributed by atoms with Gasteiger partial charge in [-0.25, -0.2) is 4.79 Å². The van der Waals surface area contributed by atoms with Crippen molar-refractivity contribution in [3.63, 3.8) is 0 Å². The number of nitrogens with zero attached hydrogens (tertiary/aromatic N) is 2. The van der Waals surface area contributed by atoms with Crippen LogP contribution in [0.5, 0.6) is 11.5 Å². The quantitative estimate of drug-likeness (QED) is 0.397. The minimum Gasteiger partial charge on any atom is -0.493 e. The first-order valence-electron chi connectivity index (χ1n) is 12.5. The lowest BCUT2D eigenvalue weighted by atomic mass is 10.00. The number of carbonyl (C=O) groups excluding carboxylic acids is 5. The van der Waals surface area contributed by atoms with Crippen molar-refractivity contribution in [1.82, 2.24) is 9.96 Å². The van der Waals surface area contributed by atoms with Gasteiger partial charge in [0.15, 0.2) is 11.5 Å². The molecule has 1 saturated carbocycles. The van der Waals surface area contributed by atoms with Crippen LogP contribution < -0.4 is 9.47 Å². The molecule has 10 heteroatoms. The largest absolute Gasteiger partial charge is 0.493 e. The minimum absolute atomic E-state index is 0.00152. The van der Waals surface area contributed by atoms with Crippen molar-refractivity contribution in [3.8, 4) is 11.5 Å². The Hall–Kier alpha value is -4.21. The summed E-state index contributed by atoms with van der Waals surface area (Å²) in [5.74, 6) is -2.81. The lowest BCUT2D eigenvalue weighted by Gasteiger charge is -2.28. The summed E-state index contributed by atoms with van der Waals surface area (Å²) in [6.07, 6.45) is 3.38. The lowest BCUT2D eigenvalue weighted by molar-refractivity contribution is -0.200. The van der Waals surface area contributed by atoms with E-state index in [1.165, 1.54) is 7.11 Å². The van der Waals surface area contributed by atoms with Gasteiger partial charge in [-0.3, -0.25) is 24.1 Å². The number of fused-ring (bicyclic) bond motifs is 1. The van der Waals surface area contributed by atoms with Crippen LogP contribution in [0.2, 0.25) is 0 Å². The minimum atomic E-state index is -1.12. The topological polar surface area (TPSA) is 120 Å². The second-order valence-corrected chi connectivity index (χ2v) is 9.42. The monoisotopic (exact) mass is 522 g/mol. The highest BCUT2D eigenvalue weighted by atomic mass is 16.7. The van der Waals surface area contributed by atoms with Crippen LogP contribution in [-0.4, -0.2) is 52.8 Å². The predicted molar refractivity (Wildman–Crippen MR) is 134 cm³/mol. The van der Waals surface area contributed by atoms with Gasteiger partial charge in [-0.15, -0.1) is 5.06 Å². The third-order valence-electron chi connectivity index (χ3n) is 6.73. The van der Waals surface area contributed by atoms with Gasteiger partial charge in [0.1, 0.15) is 0 Å². The van der Waals surface area contributed by atoms with Gasteiger partial charge in [-0.1, -0.05) is 18.2 Å². The number of methoxy groups -OCH3 is 1. The molecule has 1 atom stereocenters. The molecule has 1 aliphatic carbocycles. The van der Waals surface area contributed by atoms with Crippen LogP contribution in [-0.2, 0) is 19.2 Å². The van der Waals surface area contributed by atoms with Gasteiger partial charge in [0, 0.05) is 13.8 Å². The van der Waals surface area contributed by atoms with E-state index in [-0.39, 0.29) is 17.2 Å². The Morgan fingerprint density at radius 1 is 1.03 bits per heavy atom. The lowest BCUT2D eigenvalue weighted by Crippen LogP contribution is -2.41. The molecule has 0 unspecified atom stereocenters. The Balaban J connectivity index is 1.77. The molecule has 1 aliphatic heterocycles. The molecule has 0 saturated heterocycles. The number of amides is 4. The van der Waals surface area contributed by atoms with Crippen molar-refractivity contribution in [2.75, 3.05) is 7.11 Å². The van der Waals surface area contributed by atoms with Gasteiger partial charge in [0.2, 0.25) is 0 Å². The normalized spacial score (nSPS) is 15.7. The second kappa shape index (κ2) is 11.0. The van der Waals surface area contributed by atoms with E-state index in [0.29, 0.717) is 27.7 Å². The van der Waals surface area contributed by atoms with E-state index >= 15 is 0 Å². The Labute approximate surface area is 220 Å². The van der Waals surface area contributed by atoms with E-state index < -0.39 is 42.1 Å². The highest BCUT2D eigenvalue weighted by molar-refractivity contribution is 6.22. The summed E-state index contributed by atoms with van der Waals surface area (Å²) in [7, 11) is 1.51. The fourth-order valence-electron chi connectivity index (χ4n) is 4.96. The van der Waals surface area contributed by atoms with Crippen molar-refractivity contribution in [2.45, 2.75) is 65.0 Å². The molecule has 0 spiro atoms. The zero-order valence-electron chi connectivity index (χ0n) is 21.8. The fourth-order valence-corrected chi connectivity index (χ4v) is 4.96. The van der Waals surface area contributed by atoms with E-state index in [4.69, 9.17) is 14.3 Å². The number of ether oxygens (including phenoxy) is 2. The van der Waals surface area contributed by atoms with E-state index in [1.807, 2.05) is 0 Å². The molecule has 2 aromatic carbocycles. The molecular formula is C28H30N2O8. The van der Waals surface area contributed by atoms with Crippen molar-refractivity contribution >= 4 is 29.6 Å². The van der Waals surface area contributed by atoms with E-state index in [1.54, 1.807) is 43.3 Å². The predicted octanol–water partition coefficient (Wildman–Crippen LogP) is 3.91. The number of hydrogen-bond donors (Lipinski definition) is 0. The summed E-state index contributed by atoms with van der Waals surface area (Å²) in [6.45, 7) is 3.86. The molecule has 0 aromatic heterocycles. The molecule has 2 aromatic rings. The van der Waals surface area contributed by atoms with E-state index in [2.05, 4.69) is 0 Å². The van der Waals surface area contributed by atoms with Gasteiger partial charge >= 0.3 is 5.97 Å². The Morgan fingerprint density at radius 2 is 1.74 bits per heavy atom. The van der Waals surface area contributed by atoms with Crippen LogP contribution in [0, 0.1) is 6.92 Å². The van der Waals surface area contributed by atoms with Gasteiger partial charge in [0.25, 0.3) is 23.6 Å². The third kappa shape index (κ3) is 5.25. The van der Waals surface area contributed by atoms with Crippen molar-refractivity contribution in [3.05, 3.63) is 58.7 Å². The maximum absolute atomic E-state index is 13.6. The smallest absolute Gasteiger partial charge is 0.330 e. The molecule has 1 heterocycles. The summed E-state index contributed by atoms with van der Waals surface area (Å²) >= 11 is 0. The van der Waals surface area contributed by atoms with E-state index in [9.17, 15) is 24.0 Å². The Morgan fingerprint density at radius 3 is 2.34 bits per heavy atom. The number of hydroxylamine groups is 2. The third-order valence-corrected chi connectivity index (χ3v) is 6.73. The standard InChI is InChI=1S/C28H30N2O8/c1-16-8-7-11-21-26(16)28(35)29(27(21)34)22(15-25(33)30(17(2)31)38-18(3)32)19-12-13-23(36-4)24(14-19)37-20-9-5-6-10-20/h7-8,11-14,20,22H,5-6,9-10,15H2,1-4H3/t22-/m1/s1. The van der Waals surface area contributed by atoms with Crippen LogP contribution in [0.15, 0.2) is 36.4 Å². The van der Waals surface area contributed by atoms with Crippen LogP contribution in [0.3, 0.4) is 0 Å². The first kappa shape index (κ1) is 26.8. The van der Waals surface area contributed by atoms with Crippen LogP contribution in [0.25, 0.3) is 0 Å². The van der Waals surface area contributed by atoms with Crippen LogP contribution in [0.1, 0.15) is 83.8 Å². The number of carbonyl (C=O) groups is 5. The summed E-state index contributed by atoms with van der Waals surface area (Å²) in [6, 6.07) is 8.78. The molecule has 4 rings (SSSR count). The number of rotatable bonds is 7. The molecule has 0 N–H and O–H groups in total. The maximum Gasteiger partial charge on any atom is 0.330 e. The molecule has 4 amide bonds. The molecule has 10 nitrogen and oxygen atoms in total. The number of imide groups is 2. The summed E-state index contributed by atoms with van der Waals surface area (Å²) < 4.78 is 11.7. The Bertz CT molecular complexity index is 1300. The highest BCUT2D eigenvalue weighted by Crippen LogP contribution is 2.39. The SMILES string of the molecule is COc1ccc([C@@H](CC(=O)N(OC(C)=O)C(C)=O)N2C(=O)c3cccc(C)c3C2=O)cc1OC1CCCC1. The summed E-state index contributed by atoms with van der Waals surface area (Å²) in [4.78, 5) is 69.7. The van der Waals surface area contributed by atoms with Gasteiger partial charge in [0.05, 0.1) is 36.8 Å². The molecule has 1 fully saturated rings. The van der Waals surface area contributed by atoms with Gasteiger partial charge < -0.3 is 14.3 Å². The number of hydrogen-bond acceptors (Lipinski definition) is 8. The molecule has 0 bridgehead atoms. The van der Waals surface area contributed by atoms with Crippen molar-refractivity contribution < 1.29 is 38.3 Å². The average molecular weight is 523 g/mol. The zero-order chi connectivity index (χ0) is 27.6. The second-order valence-electron chi connectivity index (χ2n) is 9.42. The van der Waals surface area contributed by atoms with Crippen LogP contribution in [0.4, 0.5) is 0 Å². The molecule has 200 valence electrons. The Kier molecular flexibility index (Phi) is 7.80. The fraction of sp³-hybridized carbons (Fsp3) is 0.393. The molecule has 2 aliphatic rings. The molecular weight excluding hydrogens is 492 g/mol.